The van der Waals surface area contributed by atoms with Crippen LogP contribution < -0.4 is 0 Å². The first-order valence-electron chi connectivity index (χ1n) is 6.44. The molecule has 0 N–H and O–H groups in total. The number of benzene rings is 1. The Hall–Kier alpha value is -2.16. The Morgan fingerprint density at radius 3 is 2.37 bits per heavy atom. The summed E-state index contributed by atoms with van der Waals surface area (Å²) in [5, 5.41) is 0. The summed E-state index contributed by atoms with van der Waals surface area (Å²) in [7, 11) is 0. The molecule has 0 radical (unpaired) electrons. The third kappa shape index (κ3) is 3.41. The van der Waals surface area contributed by atoms with Crippen LogP contribution in [0.1, 0.15) is 29.9 Å². The molecule has 0 aliphatic carbocycles. The SMILES string of the molecule is CC(C)N(Cc1ccccn1)C(=O)c1ccccc1. The van der Waals surface area contributed by atoms with E-state index in [4.69, 9.17) is 0 Å². The number of pyridine rings is 1. The number of rotatable bonds is 4. The van der Waals surface area contributed by atoms with Crippen LogP contribution in [0.2, 0.25) is 0 Å². The summed E-state index contributed by atoms with van der Waals surface area (Å²) in [5.41, 5.74) is 1.62. The van der Waals surface area contributed by atoms with Crippen LogP contribution in [0, 0.1) is 0 Å². The van der Waals surface area contributed by atoms with Gasteiger partial charge < -0.3 is 4.90 Å². The maximum Gasteiger partial charge on any atom is 0.254 e. The van der Waals surface area contributed by atoms with Gasteiger partial charge in [0.05, 0.1) is 12.2 Å². The standard InChI is InChI=1S/C16H18N2O/c1-13(2)18(12-15-10-6-7-11-17-15)16(19)14-8-4-3-5-9-14/h3-11,13H,12H2,1-2H3. The second-order valence-corrected chi connectivity index (χ2v) is 4.71. The summed E-state index contributed by atoms with van der Waals surface area (Å²) < 4.78 is 0. The molecule has 2 aromatic rings. The zero-order valence-corrected chi connectivity index (χ0v) is 11.3. The molecule has 1 aromatic heterocycles. The van der Waals surface area contributed by atoms with Crippen molar-refractivity contribution in [2.45, 2.75) is 26.4 Å². The number of carbonyl (C=O) groups is 1. The minimum Gasteiger partial charge on any atom is -0.330 e. The highest BCUT2D eigenvalue weighted by atomic mass is 16.2. The molecule has 0 bridgehead atoms. The molecule has 0 spiro atoms. The second kappa shape index (κ2) is 6.14. The number of nitrogens with zero attached hydrogens (tertiary/aromatic N) is 2. The number of hydrogen-bond donors (Lipinski definition) is 0. The molecule has 0 saturated carbocycles. The van der Waals surface area contributed by atoms with E-state index in [2.05, 4.69) is 4.98 Å². The van der Waals surface area contributed by atoms with Crippen LogP contribution in [-0.4, -0.2) is 21.8 Å². The van der Waals surface area contributed by atoms with Crippen LogP contribution in [0.15, 0.2) is 54.7 Å². The van der Waals surface area contributed by atoms with Gasteiger partial charge in [0.2, 0.25) is 0 Å². The Kier molecular flexibility index (Phi) is 4.29. The fourth-order valence-corrected chi connectivity index (χ4v) is 1.90. The Morgan fingerprint density at radius 1 is 1.11 bits per heavy atom. The summed E-state index contributed by atoms with van der Waals surface area (Å²) in [6.45, 7) is 4.57. The summed E-state index contributed by atoms with van der Waals surface area (Å²) in [6, 6.07) is 15.2. The Bertz CT molecular complexity index is 523. The topological polar surface area (TPSA) is 33.2 Å². The quantitative estimate of drug-likeness (QED) is 0.839. The largest absolute Gasteiger partial charge is 0.330 e. The van der Waals surface area contributed by atoms with Crippen molar-refractivity contribution in [3.05, 3.63) is 66.0 Å². The zero-order valence-electron chi connectivity index (χ0n) is 11.3. The van der Waals surface area contributed by atoms with Gasteiger partial charge in [-0.3, -0.25) is 9.78 Å². The summed E-state index contributed by atoms with van der Waals surface area (Å²) in [5.74, 6) is 0.0428. The highest BCUT2D eigenvalue weighted by Gasteiger charge is 2.19. The molecule has 0 aliphatic heterocycles. The average molecular weight is 254 g/mol. The van der Waals surface area contributed by atoms with Gasteiger partial charge in [0.1, 0.15) is 0 Å². The monoisotopic (exact) mass is 254 g/mol. The molecular formula is C16H18N2O. The van der Waals surface area contributed by atoms with E-state index in [0.717, 1.165) is 5.69 Å². The lowest BCUT2D eigenvalue weighted by molar-refractivity contribution is 0.0688. The van der Waals surface area contributed by atoms with Gasteiger partial charge in [0.25, 0.3) is 5.91 Å². The third-order valence-corrected chi connectivity index (χ3v) is 2.96. The molecule has 3 heteroatoms. The van der Waals surface area contributed by atoms with E-state index >= 15 is 0 Å². The molecule has 3 nitrogen and oxygen atoms in total. The van der Waals surface area contributed by atoms with E-state index in [1.54, 1.807) is 6.20 Å². The van der Waals surface area contributed by atoms with Gasteiger partial charge in [-0.05, 0) is 38.1 Å². The summed E-state index contributed by atoms with van der Waals surface area (Å²) in [6.07, 6.45) is 1.75. The molecular weight excluding hydrogens is 236 g/mol. The van der Waals surface area contributed by atoms with E-state index in [0.29, 0.717) is 12.1 Å². The minimum absolute atomic E-state index is 0.0428. The van der Waals surface area contributed by atoms with E-state index in [1.165, 1.54) is 0 Å². The van der Waals surface area contributed by atoms with E-state index < -0.39 is 0 Å². The fraction of sp³-hybridized carbons (Fsp3) is 0.250. The molecule has 98 valence electrons. The van der Waals surface area contributed by atoms with Crippen molar-refractivity contribution in [2.24, 2.45) is 0 Å². The Balaban J connectivity index is 2.19. The Morgan fingerprint density at radius 2 is 1.79 bits per heavy atom. The van der Waals surface area contributed by atoms with E-state index in [-0.39, 0.29) is 11.9 Å². The first-order chi connectivity index (χ1) is 9.18. The van der Waals surface area contributed by atoms with Gasteiger partial charge in [-0.1, -0.05) is 24.3 Å². The van der Waals surface area contributed by atoms with Gasteiger partial charge in [0.15, 0.2) is 0 Å². The molecule has 0 aliphatic rings. The van der Waals surface area contributed by atoms with Crippen molar-refractivity contribution in [3.8, 4) is 0 Å². The lowest BCUT2D eigenvalue weighted by Gasteiger charge is -2.26. The maximum absolute atomic E-state index is 12.5. The molecule has 0 fully saturated rings. The zero-order chi connectivity index (χ0) is 13.7. The van der Waals surface area contributed by atoms with Crippen LogP contribution >= 0.6 is 0 Å². The second-order valence-electron chi connectivity index (χ2n) is 4.71. The van der Waals surface area contributed by atoms with Crippen molar-refractivity contribution < 1.29 is 4.79 Å². The van der Waals surface area contributed by atoms with Crippen molar-refractivity contribution in [2.75, 3.05) is 0 Å². The molecule has 1 amide bonds. The first kappa shape index (κ1) is 13.3. The number of aromatic nitrogens is 1. The van der Waals surface area contributed by atoms with Crippen molar-refractivity contribution in [3.63, 3.8) is 0 Å². The van der Waals surface area contributed by atoms with Crippen LogP contribution in [0.25, 0.3) is 0 Å². The van der Waals surface area contributed by atoms with Gasteiger partial charge in [-0.15, -0.1) is 0 Å². The first-order valence-corrected chi connectivity index (χ1v) is 6.44. The van der Waals surface area contributed by atoms with Crippen LogP contribution in [-0.2, 0) is 6.54 Å². The van der Waals surface area contributed by atoms with E-state index in [9.17, 15) is 4.79 Å². The molecule has 1 heterocycles. The van der Waals surface area contributed by atoms with Crippen molar-refractivity contribution in [1.82, 2.24) is 9.88 Å². The molecule has 0 saturated heterocycles. The molecule has 0 unspecified atom stereocenters. The van der Waals surface area contributed by atoms with Gasteiger partial charge in [0, 0.05) is 17.8 Å². The predicted octanol–water partition coefficient (Wildman–Crippen LogP) is 3.13. The fourth-order valence-electron chi connectivity index (χ4n) is 1.90. The van der Waals surface area contributed by atoms with Crippen molar-refractivity contribution >= 4 is 5.91 Å². The lowest BCUT2D eigenvalue weighted by atomic mass is 10.1. The third-order valence-electron chi connectivity index (χ3n) is 2.96. The van der Waals surface area contributed by atoms with E-state index in [1.807, 2.05) is 67.3 Å². The van der Waals surface area contributed by atoms with Crippen LogP contribution in [0.4, 0.5) is 0 Å². The number of carbonyl (C=O) groups excluding carboxylic acids is 1. The summed E-state index contributed by atoms with van der Waals surface area (Å²) >= 11 is 0. The molecule has 19 heavy (non-hydrogen) atoms. The number of hydrogen-bond acceptors (Lipinski definition) is 2. The van der Waals surface area contributed by atoms with Crippen LogP contribution in [0.3, 0.4) is 0 Å². The molecule has 1 aromatic carbocycles. The highest BCUT2D eigenvalue weighted by Crippen LogP contribution is 2.12. The Labute approximate surface area is 113 Å². The van der Waals surface area contributed by atoms with Crippen LogP contribution in [0.5, 0.6) is 0 Å². The number of amides is 1. The maximum atomic E-state index is 12.5. The highest BCUT2D eigenvalue weighted by molar-refractivity contribution is 5.94. The van der Waals surface area contributed by atoms with Gasteiger partial charge in [-0.25, -0.2) is 0 Å². The van der Waals surface area contributed by atoms with Gasteiger partial charge >= 0.3 is 0 Å². The summed E-state index contributed by atoms with van der Waals surface area (Å²) in [4.78, 5) is 18.6. The normalized spacial score (nSPS) is 10.5. The predicted molar refractivity (Wildman–Crippen MR) is 75.7 cm³/mol. The van der Waals surface area contributed by atoms with Gasteiger partial charge in [-0.2, -0.15) is 0 Å². The molecule has 2 rings (SSSR count). The lowest BCUT2D eigenvalue weighted by Crippen LogP contribution is -2.36. The minimum atomic E-state index is 0.0428. The average Bonchev–Trinajstić information content (AvgIpc) is 2.46. The molecule has 0 atom stereocenters. The smallest absolute Gasteiger partial charge is 0.254 e. The van der Waals surface area contributed by atoms with Crippen molar-refractivity contribution in [1.29, 1.82) is 0 Å².